The van der Waals surface area contributed by atoms with Crippen LogP contribution in [0.15, 0.2) is 18.2 Å². The molecular weight excluding hydrogens is 230 g/mol. The van der Waals surface area contributed by atoms with Crippen molar-refractivity contribution in [2.24, 2.45) is 0 Å². The first-order valence-electron chi connectivity index (χ1n) is 5.76. The van der Waals surface area contributed by atoms with Gasteiger partial charge < -0.3 is 0 Å². The smallest absolute Gasteiger partial charge is 0.199 e. The van der Waals surface area contributed by atoms with Gasteiger partial charge in [-0.25, -0.2) is 0 Å². The fraction of sp³-hybridized carbons (Fsp3) is 0.385. The SMILES string of the molecule is Cc1cccc(C)c1-n1c(C(C)C)n[nH]c1=S. The average Bonchev–Trinajstić information content (AvgIpc) is 2.61. The van der Waals surface area contributed by atoms with Crippen molar-refractivity contribution in [1.82, 2.24) is 14.8 Å². The van der Waals surface area contributed by atoms with Crippen molar-refractivity contribution in [1.29, 1.82) is 0 Å². The quantitative estimate of drug-likeness (QED) is 0.821. The van der Waals surface area contributed by atoms with Gasteiger partial charge in [0.15, 0.2) is 4.77 Å². The van der Waals surface area contributed by atoms with Crippen LogP contribution in [0.2, 0.25) is 0 Å². The maximum absolute atomic E-state index is 5.34. The van der Waals surface area contributed by atoms with Crippen LogP contribution < -0.4 is 0 Å². The molecule has 4 heteroatoms. The summed E-state index contributed by atoms with van der Waals surface area (Å²) in [4.78, 5) is 0. The monoisotopic (exact) mass is 247 g/mol. The molecule has 1 aromatic heterocycles. The number of nitrogens with one attached hydrogen (secondary N) is 1. The molecule has 2 rings (SSSR count). The van der Waals surface area contributed by atoms with E-state index in [1.807, 2.05) is 4.57 Å². The van der Waals surface area contributed by atoms with Gasteiger partial charge >= 0.3 is 0 Å². The number of rotatable bonds is 2. The molecule has 0 atom stereocenters. The second-order valence-electron chi connectivity index (χ2n) is 4.62. The van der Waals surface area contributed by atoms with Crippen molar-refractivity contribution in [2.75, 3.05) is 0 Å². The second-order valence-corrected chi connectivity index (χ2v) is 5.00. The molecule has 1 aromatic carbocycles. The molecule has 0 spiro atoms. The van der Waals surface area contributed by atoms with Gasteiger partial charge in [0, 0.05) is 5.92 Å². The topological polar surface area (TPSA) is 33.6 Å². The first-order chi connectivity index (χ1) is 8.02. The molecule has 1 heterocycles. The normalized spacial score (nSPS) is 11.1. The van der Waals surface area contributed by atoms with Crippen LogP contribution in [0, 0.1) is 18.6 Å². The van der Waals surface area contributed by atoms with Crippen molar-refractivity contribution in [2.45, 2.75) is 33.6 Å². The van der Waals surface area contributed by atoms with Crippen LogP contribution in [0.4, 0.5) is 0 Å². The van der Waals surface area contributed by atoms with Crippen LogP contribution in [0.1, 0.15) is 36.7 Å². The van der Waals surface area contributed by atoms with E-state index in [9.17, 15) is 0 Å². The van der Waals surface area contributed by atoms with E-state index in [2.05, 4.69) is 56.1 Å². The van der Waals surface area contributed by atoms with Gasteiger partial charge in [-0.1, -0.05) is 32.0 Å². The molecule has 0 saturated heterocycles. The first kappa shape index (κ1) is 12.0. The Morgan fingerprint density at radius 3 is 2.35 bits per heavy atom. The second kappa shape index (κ2) is 4.45. The number of hydrogen-bond donors (Lipinski definition) is 1. The summed E-state index contributed by atoms with van der Waals surface area (Å²) in [5.41, 5.74) is 3.57. The Kier molecular flexibility index (Phi) is 3.15. The molecule has 2 aromatic rings. The molecule has 0 aliphatic carbocycles. The van der Waals surface area contributed by atoms with Crippen LogP contribution >= 0.6 is 12.2 Å². The predicted octanol–water partition coefficient (Wildman–Crippen LogP) is 3.67. The molecule has 0 radical (unpaired) electrons. The molecule has 0 saturated carbocycles. The number of nitrogens with zero attached hydrogens (tertiary/aromatic N) is 2. The lowest BCUT2D eigenvalue weighted by atomic mass is 10.1. The minimum atomic E-state index is 0.335. The molecule has 3 nitrogen and oxygen atoms in total. The Hall–Kier alpha value is -1.42. The van der Waals surface area contributed by atoms with Crippen molar-refractivity contribution in [3.05, 3.63) is 39.9 Å². The summed E-state index contributed by atoms with van der Waals surface area (Å²) in [5, 5.41) is 7.21. The molecule has 0 bridgehead atoms. The Balaban J connectivity index is 2.77. The van der Waals surface area contributed by atoms with Gasteiger partial charge in [0.25, 0.3) is 0 Å². The number of H-pyrrole nitrogens is 1. The van der Waals surface area contributed by atoms with E-state index in [1.54, 1.807) is 0 Å². The third-order valence-corrected chi connectivity index (χ3v) is 3.15. The molecule has 0 unspecified atom stereocenters. The van der Waals surface area contributed by atoms with E-state index in [0.717, 1.165) is 11.5 Å². The number of aromatic nitrogens is 3. The molecule has 1 N–H and O–H groups in total. The number of hydrogen-bond acceptors (Lipinski definition) is 2. The fourth-order valence-corrected chi connectivity index (χ4v) is 2.30. The van der Waals surface area contributed by atoms with E-state index < -0.39 is 0 Å². The lowest BCUT2D eigenvalue weighted by Crippen LogP contribution is -2.06. The van der Waals surface area contributed by atoms with Crippen molar-refractivity contribution in [3.8, 4) is 5.69 Å². The van der Waals surface area contributed by atoms with E-state index >= 15 is 0 Å². The van der Waals surface area contributed by atoms with Crippen LogP contribution in [-0.4, -0.2) is 14.8 Å². The summed E-state index contributed by atoms with van der Waals surface area (Å²) < 4.78 is 2.70. The highest BCUT2D eigenvalue weighted by Crippen LogP contribution is 2.23. The largest absolute Gasteiger partial charge is 0.271 e. The van der Waals surface area contributed by atoms with Gasteiger partial charge in [-0.3, -0.25) is 9.67 Å². The minimum Gasteiger partial charge on any atom is -0.271 e. The summed E-state index contributed by atoms with van der Waals surface area (Å²) in [6.45, 7) is 8.44. The number of aryl methyl sites for hydroxylation is 2. The van der Waals surface area contributed by atoms with Gasteiger partial charge in [0.1, 0.15) is 5.82 Å². The Morgan fingerprint density at radius 1 is 1.24 bits per heavy atom. The van der Waals surface area contributed by atoms with Crippen LogP contribution in [-0.2, 0) is 0 Å². The van der Waals surface area contributed by atoms with E-state index in [1.165, 1.54) is 11.1 Å². The summed E-state index contributed by atoms with van der Waals surface area (Å²) >= 11 is 5.34. The fourth-order valence-electron chi connectivity index (χ4n) is 2.07. The highest BCUT2D eigenvalue weighted by Gasteiger charge is 2.14. The average molecular weight is 247 g/mol. The molecule has 0 aliphatic heterocycles. The molecular formula is C13H17N3S. The highest BCUT2D eigenvalue weighted by molar-refractivity contribution is 7.71. The van der Waals surface area contributed by atoms with Crippen molar-refractivity contribution >= 4 is 12.2 Å². The summed E-state index contributed by atoms with van der Waals surface area (Å²) in [7, 11) is 0. The number of aromatic amines is 1. The van der Waals surface area contributed by atoms with Gasteiger partial charge in [0.05, 0.1) is 5.69 Å². The zero-order chi connectivity index (χ0) is 12.6. The Morgan fingerprint density at radius 2 is 1.82 bits per heavy atom. The molecule has 17 heavy (non-hydrogen) atoms. The lowest BCUT2D eigenvalue weighted by Gasteiger charge is -2.14. The van der Waals surface area contributed by atoms with E-state index in [4.69, 9.17) is 12.2 Å². The minimum absolute atomic E-state index is 0.335. The third-order valence-electron chi connectivity index (χ3n) is 2.88. The molecule has 90 valence electrons. The number of para-hydroxylation sites is 1. The van der Waals surface area contributed by atoms with Gasteiger partial charge in [-0.15, -0.1) is 0 Å². The summed E-state index contributed by atoms with van der Waals surface area (Å²) in [6, 6.07) is 6.26. The highest BCUT2D eigenvalue weighted by atomic mass is 32.1. The molecule has 0 amide bonds. The Labute approximate surface area is 106 Å². The number of benzene rings is 1. The maximum Gasteiger partial charge on any atom is 0.199 e. The van der Waals surface area contributed by atoms with Gasteiger partial charge in [-0.2, -0.15) is 5.10 Å². The third kappa shape index (κ3) is 2.05. The van der Waals surface area contributed by atoms with Crippen LogP contribution in [0.25, 0.3) is 5.69 Å². The molecule has 0 fully saturated rings. The molecule has 0 aliphatic rings. The van der Waals surface area contributed by atoms with Gasteiger partial charge in [-0.05, 0) is 37.2 Å². The maximum atomic E-state index is 5.34. The predicted molar refractivity (Wildman–Crippen MR) is 72.3 cm³/mol. The van der Waals surface area contributed by atoms with E-state index in [0.29, 0.717) is 10.7 Å². The van der Waals surface area contributed by atoms with E-state index in [-0.39, 0.29) is 0 Å². The first-order valence-corrected chi connectivity index (χ1v) is 6.17. The van der Waals surface area contributed by atoms with Crippen LogP contribution in [0.3, 0.4) is 0 Å². The van der Waals surface area contributed by atoms with Crippen molar-refractivity contribution in [3.63, 3.8) is 0 Å². The standard InChI is InChI=1S/C13H17N3S/c1-8(2)12-14-15-13(17)16(12)11-9(3)6-5-7-10(11)4/h5-8H,1-4H3,(H,15,17). The lowest BCUT2D eigenvalue weighted by molar-refractivity contribution is 0.741. The summed E-state index contributed by atoms with van der Waals surface area (Å²) in [6.07, 6.45) is 0. The summed E-state index contributed by atoms with van der Waals surface area (Å²) in [5.74, 6) is 1.31. The van der Waals surface area contributed by atoms with Gasteiger partial charge in [0.2, 0.25) is 0 Å². The zero-order valence-corrected chi connectivity index (χ0v) is 11.4. The zero-order valence-electron chi connectivity index (χ0n) is 10.6. The van der Waals surface area contributed by atoms with Crippen LogP contribution in [0.5, 0.6) is 0 Å². The van der Waals surface area contributed by atoms with Crippen molar-refractivity contribution < 1.29 is 0 Å². The Bertz CT molecular complexity index is 573.